The molecule has 1 aromatic carbocycles. The topological polar surface area (TPSA) is 290 Å². The van der Waals surface area contributed by atoms with Crippen molar-refractivity contribution in [2.24, 2.45) is 5.73 Å². The number of carboxylic acids is 2. The number of benzene rings is 1. The number of fused-ring (bicyclic) bond motifs is 1. The molecule has 0 saturated carbocycles. The fraction of sp³-hybridized carbons (Fsp3) is 0.414. The number of thioether (sulfide) groups is 1. The smallest absolute Gasteiger partial charge is 0.548 e. The van der Waals surface area contributed by atoms with Crippen LogP contribution in [0.1, 0.15) is 25.5 Å². The van der Waals surface area contributed by atoms with E-state index in [1.165, 1.54) is 29.2 Å². The van der Waals surface area contributed by atoms with Crippen molar-refractivity contribution in [1.29, 1.82) is 0 Å². The molecular formula is C29H31N7Na2O13S. The predicted octanol–water partition coefficient (Wildman–Crippen LogP) is -10.3. The SMILES string of the molecule is CCN1CCN(C(=O)N[C@H](C(=O)N[C@@H]2C(=O)N3C(C(=O)[O-])=C(COC(C)=O)CS[C@@H]23)c2ccc(NC(=O)OC[C@@H](N)C(=O)[O-])cc2)C(=O)C1=O.[Na+].[Na+]. The Morgan fingerprint density at radius 1 is 1.00 bits per heavy atom. The number of likely N-dealkylation sites (N-methyl/N-ethyl adjacent to an activating group) is 1. The molecule has 3 heterocycles. The fourth-order valence-corrected chi connectivity index (χ4v) is 6.35. The number of carbonyl (C=O) groups is 9. The van der Waals surface area contributed by atoms with Crippen molar-refractivity contribution in [2.45, 2.75) is 37.3 Å². The van der Waals surface area contributed by atoms with Crippen molar-refractivity contribution in [3.05, 3.63) is 41.1 Å². The minimum atomic E-state index is -1.69. The van der Waals surface area contributed by atoms with Crippen LogP contribution in [0.3, 0.4) is 0 Å². The third-order valence-electron chi connectivity index (χ3n) is 7.64. The molecule has 4 rings (SSSR count). The van der Waals surface area contributed by atoms with Crippen molar-refractivity contribution < 1.29 is 122 Å². The van der Waals surface area contributed by atoms with Gasteiger partial charge in [0.2, 0.25) is 5.91 Å². The largest absolute Gasteiger partial charge is 1.00 e. The number of nitrogens with one attached hydrogen (secondary N) is 3. The zero-order valence-electron chi connectivity index (χ0n) is 28.5. The van der Waals surface area contributed by atoms with E-state index in [1.54, 1.807) is 6.92 Å². The average Bonchev–Trinajstić information content (AvgIpc) is 3.08. The quantitative estimate of drug-likeness (QED) is 0.0665. The minimum absolute atomic E-state index is 0. The summed E-state index contributed by atoms with van der Waals surface area (Å²) < 4.78 is 9.61. The van der Waals surface area contributed by atoms with Gasteiger partial charge < -0.3 is 50.5 Å². The molecule has 2 saturated heterocycles. The summed E-state index contributed by atoms with van der Waals surface area (Å²) in [6.07, 6.45) is -1.06. The first-order valence-corrected chi connectivity index (χ1v) is 15.9. The summed E-state index contributed by atoms with van der Waals surface area (Å²) in [6.45, 7) is 1.82. The van der Waals surface area contributed by atoms with Crippen LogP contribution in [0, 0.1) is 0 Å². The Hall–Kier alpha value is -3.70. The number of hydrogen-bond donors (Lipinski definition) is 4. The third-order valence-corrected chi connectivity index (χ3v) is 8.98. The van der Waals surface area contributed by atoms with Crippen LogP contribution >= 0.6 is 11.8 Å². The molecule has 7 amide bonds. The Kier molecular flexibility index (Phi) is 16.6. The number of nitrogens with zero attached hydrogens (tertiary/aromatic N) is 3. The number of anilines is 1. The summed E-state index contributed by atoms with van der Waals surface area (Å²) in [6, 6.07) is -0.323. The van der Waals surface area contributed by atoms with Crippen LogP contribution < -0.4 is 91.0 Å². The van der Waals surface area contributed by atoms with Crippen molar-refractivity contribution >= 4 is 71.1 Å². The second-order valence-corrected chi connectivity index (χ2v) is 12.0. The summed E-state index contributed by atoms with van der Waals surface area (Å²) in [5.74, 6) is -7.80. The van der Waals surface area contributed by atoms with Gasteiger partial charge in [0.15, 0.2) is 0 Å². The number of rotatable bonds is 12. The zero-order valence-corrected chi connectivity index (χ0v) is 33.3. The van der Waals surface area contributed by atoms with Crippen LogP contribution in [0.15, 0.2) is 35.5 Å². The van der Waals surface area contributed by atoms with Gasteiger partial charge in [-0.25, -0.2) is 9.59 Å². The molecule has 0 aromatic heterocycles. The average molecular weight is 764 g/mol. The van der Waals surface area contributed by atoms with Gasteiger partial charge in [-0.3, -0.25) is 39.1 Å². The molecular weight excluding hydrogens is 732 g/mol. The second kappa shape index (κ2) is 19.4. The van der Waals surface area contributed by atoms with Crippen LogP contribution in [0.25, 0.3) is 0 Å². The number of imide groups is 1. The molecule has 3 aliphatic rings. The van der Waals surface area contributed by atoms with Gasteiger partial charge in [0.05, 0.1) is 23.7 Å². The van der Waals surface area contributed by atoms with Crippen molar-refractivity contribution in [2.75, 3.05) is 43.9 Å². The first kappa shape index (κ1) is 44.5. The van der Waals surface area contributed by atoms with Gasteiger partial charge in [-0.1, -0.05) is 12.1 Å². The Morgan fingerprint density at radius 2 is 1.65 bits per heavy atom. The van der Waals surface area contributed by atoms with Gasteiger partial charge in [-0.2, -0.15) is 0 Å². The van der Waals surface area contributed by atoms with E-state index >= 15 is 0 Å². The number of carbonyl (C=O) groups excluding carboxylic acids is 9. The first-order chi connectivity index (χ1) is 23.6. The summed E-state index contributed by atoms with van der Waals surface area (Å²) in [4.78, 5) is 114. The number of hydrogen-bond acceptors (Lipinski definition) is 15. The van der Waals surface area contributed by atoms with E-state index < -0.39 is 96.1 Å². The van der Waals surface area contributed by atoms with E-state index in [1.807, 2.05) is 0 Å². The summed E-state index contributed by atoms with van der Waals surface area (Å²) in [5.41, 5.74) is 5.06. The summed E-state index contributed by atoms with van der Waals surface area (Å²) >= 11 is 1.08. The predicted molar refractivity (Wildman–Crippen MR) is 163 cm³/mol. The van der Waals surface area contributed by atoms with E-state index in [-0.39, 0.29) is 101 Å². The maximum absolute atomic E-state index is 13.7. The van der Waals surface area contributed by atoms with Crippen LogP contribution in [0.5, 0.6) is 0 Å². The van der Waals surface area contributed by atoms with E-state index in [2.05, 4.69) is 16.0 Å². The molecule has 2 fully saturated rings. The summed E-state index contributed by atoms with van der Waals surface area (Å²) in [5, 5.41) is 29.0. The van der Waals surface area contributed by atoms with Gasteiger partial charge in [-0.15, -0.1) is 11.8 Å². The van der Waals surface area contributed by atoms with Crippen LogP contribution in [-0.2, 0) is 43.0 Å². The van der Waals surface area contributed by atoms with E-state index in [0.717, 1.165) is 23.6 Å². The Balaban J connectivity index is 0.00000468. The number of amides is 7. The van der Waals surface area contributed by atoms with Gasteiger partial charge in [-0.05, 0) is 24.6 Å². The maximum atomic E-state index is 13.7. The number of ether oxygens (including phenoxy) is 2. The molecule has 1 aromatic rings. The fourth-order valence-electron chi connectivity index (χ4n) is 5.03. The minimum Gasteiger partial charge on any atom is -0.548 e. The molecule has 3 aliphatic heterocycles. The van der Waals surface area contributed by atoms with Gasteiger partial charge in [0.25, 0.3) is 5.91 Å². The molecule has 0 radical (unpaired) electrons. The molecule has 52 heavy (non-hydrogen) atoms. The van der Waals surface area contributed by atoms with Crippen LogP contribution in [-0.4, -0.2) is 124 Å². The number of urea groups is 1. The molecule has 268 valence electrons. The molecule has 0 aliphatic carbocycles. The molecule has 5 N–H and O–H groups in total. The van der Waals surface area contributed by atoms with E-state index in [4.69, 9.17) is 15.2 Å². The standard InChI is InChI=1S/C29H33N7O13S.2Na/c1-3-34-8-9-35(24(41)23(34)40)28(46)33-18(14-4-6-16(7-5-14)31-29(47)49-11-17(30)26(42)43)21(38)32-19-22(39)36-20(27(44)45)15(10-48-13(2)37)12-50-25(19)36;;/h4-7,17-19,25H,3,8-12,30H2,1-2H3,(H,31,47)(H,32,38)(H,33,46)(H,42,43)(H,44,45);;/q;2*+1/p-2/t17-,18+,19-,25+;;/m1../s1. The molecule has 4 atom stereocenters. The molecule has 0 unspecified atom stereocenters. The van der Waals surface area contributed by atoms with Crippen molar-refractivity contribution in [3.8, 4) is 0 Å². The molecule has 20 nitrogen and oxygen atoms in total. The molecule has 0 bridgehead atoms. The van der Waals surface area contributed by atoms with Gasteiger partial charge in [0.1, 0.15) is 30.7 Å². The number of carboxylic acid groups (broad SMARTS) is 2. The maximum Gasteiger partial charge on any atom is 1.00 e. The van der Waals surface area contributed by atoms with Crippen LogP contribution in [0.2, 0.25) is 0 Å². The van der Waals surface area contributed by atoms with Gasteiger partial charge in [0, 0.05) is 43.6 Å². The number of esters is 1. The monoisotopic (exact) mass is 763 g/mol. The Morgan fingerprint density at radius 3 is 2.23 bits per heavy atom. The van der Waals surface area contributed by atoms with E-state index in [0.29, 0.717) is 4.90 Å². The third kappa shape index (κ3) is 10.2. The number of aliphatic carboxylic acids is 2. The Labute approximate surface area is 344 Å². The Bertz CT molecular complexity index is 1660. The van der Waals surface area contributed by atoms with E-state index in [9.17, 15) is 53.4 Å². The van der Waals surface area contributed by atoms with Crippen molar-refractivity contribution in [3.63, 3.8) is 0 Å². The number of β-lactam (4-membered cyclic amide) rings is 1. The molecule has 23 heteroatoms. The number of piperazine rings is 1. The first-order valence-electron chi connectivity index (χ1n) is 14.9. The second-order valence-electron chi connectivity index (χ2n) is 10.9. The van der Waals surface area contributed by atoms with Crippen molar-refractivity contribution in [1.82, 2.24) is 25.3 Å². The van der Waals surface area contributed by atoms with Gasteiger partial charge >= 0.3 is 89.0 Å². The molecule has 0 spiro atoms. The van der Waals surface area contributed by atoms with Crippen LogP contribution in [0.4, 0.5) is 15.3 Å². The summed E-state index contributed by atoms with van der Waals surface area (Å²) in [7, 11) is 0. The normalized spacial score (nSPS) is 19.1. The number of nitrogens with two attached hydrogens (primary N) is 1. The zero-order chi connectivity index (χ0) is 36.9.